The molecule has 0 aromatic carbocycles. The highest BCUT2D eigenvalue weighted by molar-refractivity contribution is 5.85. The molecule has 0 amide bonds. The average Bonchev–Trinajstić information content (AvgIpc) is 2.72. The highest BCUT2D eigenvalue weighted by Crippen LogP contribution is 2.31. The van der Waals surface area contributed by atoms with Gasteiger partial charge in [-0.25, -0.2) is 0 Å². The lowest BCUT2D eigenvalue weighted by Crippen LogP contribution is -2.35. The second kappa shape index (κ2) is 16.9. The van der Waals surface area contributed by atoms with Crippen molar-refractivity contribution in [3.05, 3.63) is 0 Å². The molecule has 2 aliphatic rings. The van der Waals surface area contributed by atoms with Gasteiger partial charge in [0.2, 0.25) is 0 Å². The summed E-state index contributed by atoms with van der Waals surface area (Å²) in [4.78, 5) is 2.70. The normalized spacial score (nSPS) is 19.3. The molecule has 0 aromatic heterocycles. The lowest BCUT2D eigenvalue weighted by molar-refractivity contribution is 0.181. The fourth-order valence-corrected chi connectivity index (χ4v) is 5.38. The van der Waals surface area contributed by atoms with Crippen molar-refractivity contribution < 1.29 is 0 Å². The van der Waals surface area contributed by atoms with Crippen molar-refractivity contribution in [3.63, 3.8) is 0 Å². The van der Waals surface area contributed by atoms with Crippen LogP contribution in [0.2, 0.25) is 0 Å². The van der Waals surface area contributed by atoms with Crippen LogP contribution in [0.3, 0.4) is 0 Å². The van der Waals surface area contributed by atoms with Crippen LogP contribution in [0.4, 0.5) is 0 Å². The number of nitrogens with one attached hydrogen (secondary N) is 1. The first-order valence-electron chi connectivity index (χ1n) is 12.4. The monoisotopic (exact) mass is 415 g/mol. The molecule has 0 bridgehead atoms. The zero-order valence-corrected chi connectivity index (χ0v) is 19.6. The Labute approximate surface area is 182 Å². The molecule has 168 valence electrons. The van der Waals surface area contributed by atoms with Crippen LogP contribution in [0.1, 0.15) is 103 Å². The summed E-state index contributed by atoms with van der Waals surface area (Å²) in [5, 5.41) is 3.54. The number of halogens is 1. The Morgan fingerprint density at radius 2 is 1.32 bits per heavy atom. The van der Waals surface area contributed by atoms with Gasteiger partial charge in [-0.3, -0.25) is 0 Å². The maximum atomic E-state index is 5.57. The van der Waals surface area contributed by atoms with E-state index >= 15 is 0 Å². The highest BCUT2D eigenvalue weighted by atomic mass is 35.5. The number of rotatable bonds is 14. The van der Waals surface area contributed by atoms with Crippen LogP contribution < -0.4 is 11.1 Å². The molecule has 3 nitrogen and oxygen atoms in total. The first kappa shape index (κ1) is 26.2. The lowest BCUT2D eigenvalue weighted by atomic mass is 9.82. The summed E-state index contributed by atoms with van der Waals surface area (Å²) in [5.41, 5.74) is 5.57. The average molecular weight is 416 g/mol. The molecule has 2 fully saturated rings. The summed E-state index contributed by atoms with van der Waals surface area (Å²) in [7, 11) is 2.40. The van der Waals surface area contributed by atoms with Crippen molar-refractivity contribution in [2.24, 2.45) is 17.6 Å². The van der Waals surface area contributed by atoms with Crippen molar-refractivity contribution in [2.75, 3.05) is 33.2 Å². The van der Waals surface area contributed by atoms with Gasteiger partial charge in [-0.1, -0.05) is 64.2 Å². The Kier molecular flexibility index (Phi) is 15.8. The first-order chi connectivity index (χ1) is 13.3. The molecule has 4 heteroatoms. The zero-order chi connectivity index (χ0) is 19.2. The third-order valence-electron chi connectivity index (χ3n) is 7.31. The van der Waals surface area contributed by atoms with E-state index in [1.807, 2.05) is 0 Å². The molecule has 0 atom stereocenters. The quantitative estimate of drug-likeness (QED) is 0.354. The number of nitrogens with two attached hydrogens (primary N) is 1. The number of hydrogen-bond acceptors (Lipinski definition) is 3. The molecule has 2 aliphatic carbocycles. The van der Waals surface area contributed by atoms with Gasteiger partial charge >= 0.3 is 0 Å². The minimum absolute atomic E-state index is 0. The Balaban J connectivity index is 0.00000392. The van der Waals surface area contributed by atoms with Crippen LogP contribution >= 0.6 is 12.4 Å². The van der Waals surface area contributed by atoms with E-state index in [0.717, 1.165) is 43.9 Å². The van der Waals surface area contributed by atoms with Gasteiger partial charge in [0.15, 0.2) is 0 Å². The van der Waals surface area contributed by atoms with E-state index in [1.54, 1.807) is 0 Å². The molecule has 3 N–H and O–H groups in total. The Bertz CT molecular complexity index is 319. The summed E-state index contributed by atoms with van der Waals surface area (Å²) in [6.07, 6.45) is 23.1. The largest absolute Gasteiger partial charge is 0.330 e. The predicted molar refractivity (Wildman–Crippen MR) is 126 cm³/mol. The molecular weight excluding hydrogens is 366 g/mol. The van der Waals surface area contributed by atoms with Gasteiger partial charge in [-0.15, -0.1) is 12.4 Å². The zero-order valence-electron chi connectivity index (χ0n) is 18.8. The fraction of sp³-hybridized carbons (Fsp3) is 1.00. The maximum Gasteiger partial charge on any atom is 0.00924 e. The van der Waals surface area contributed by atoms with Gasteiger partial charge < -0.3 is 16.0 Å². The molecule has 0 unspecified atom stereocenters. The molecule has 0 heterocycles. The third-order valence-corrected chi connectivity index (χ3v) is 7.31. The molecule has 0 spiro atoms. The van der Waals surface area contributed by atoms with Gasteiger partial charge in [-0.2, -0.15) is 0 Å². The maximum absolute atomic E-state index is 5.57. The van der Waals surface area contributed by atoms with E-state index < -0.39 is 0 Å². The van der Waals surface area contributed by atoms with Crippen molar-refractivity contribution in [2.45, 2.75) is 109 Å². The van der Waals surface area contributed by atoms with Gasteiger partial charge in [0.25, 0.3) is 0 Å². The lowest BCUT2D eigenvalue weighted by Gasteiger charge is -2.32. The van der Waals surface area contributed by atoms with Crippen LogP contribution in [0.5, 0.6) is 0 Å². The summed E-state index contributed by atoms with van der Waals surface area (Å²) in [6.45, 7) is 4.27. The molecule has 2 saturated carbocycles. The molecule has 0 radical (unpaired) electrons. The van der Waals surface area contributed by atoms with E-state index in [-0.39, 0.29) is 12.4 Å². The van der Waals surface area contributed by atoms with Gasteiger partial charge in [-0.05, 0) is 83.6 Å². The summed E-state index contributed by atoms with van der Waals surface area (Å²) < 4.78 is 0. The minimum atomic E-state index is 0. The molecule has 0 aromatic rings. The number of nitrogens with zero attached hydrogens (tertiary/aromatic N) is 1. The topological polar surface area (TPSA) is 41.3 Å². The number of hydrogen-bond donors (Lipinski definition) is 2. The third kappa shape index (κ3) is 11.4. The smallest absolute Gasteiger partial charge is 0.00924 e. The van der Waals surface area contributed by atoms with Crippen LogP contribution in [0, 0.1) is 11.8 Å². The molecule has 0 aliphatic heterocycles. The first-order valence-corrected chi connectivity index (χ1v) is 12.4. The summed E-state index contributed by atoms with van der Waals surface area (Å²) in [6, 6.07) is 0.817. The fourth-order valence-electron chi connectivity index (χ4n) is 5.38. The van der Waals surface area contributed by atoms with Crippen LogP contribution in [0.15, 0.2) is 0 Å². The highest BCUT2D eigenvalue weighted by Gasteiger charge is 2.21. The SMILES string of the molecule is CN(CCCNCCCN)C(CCC1CCCCC1)CCC1CCCCC1.Cl. The Hall–Kier alpha value is 0.170. The summed E-state index contributed by atoms with van der Waals surface area (Å²) in [5.74, 6) is 2.06. The van der Waals surface area contributed by atoms with Crippen LogP contribution in [-0.4, -0.2) is 44.2 Å². The van der Waals surface area contributed by atoms with Gasteiger partial charge in [0, 0.05) is 6.04 Å². The minimum Gasteiger partial charge on any atom is -0.330 e. The standard InChI is InChI=1S/C24H49N3.ClH/c1-27(21-9-20-26-19-8-18-25)24(16-14-22-10-4-2-5-11-22)17-15-23-12-6-3-7-13-23;/h22-24,26H,2-21,25H2,1H3;1H. The van der Waals surface area contributed by atoms with E-state index in [2.05, 4.69) is 17.3 Å². The van der Waals surface area contributed by atoms with Gasteiger partial charge in [0.1, 0.15) is 0 Å². The van der Waals surface area contributed by atoms with E-state index in [9.17, 15) is 0 Å². The van der Waals surface area contributed by atoms with Crippen molar-refractivity contribution in [1.29, 1.82) is 0 Å². The second-order valence-electron chi connectivity index (χ2n) is 9.54. The Morgan fingerprint density at radius 1 is 0.821 bits per heavy atom. The van der Waals surface area contributed by atoms with Crippen LogP contribution in [0.25, 0.3) is 0 Å². The summed E-state index contributed by atoms with van der Waals surface area (Å²) >= 11 is 0. The van der Waals surface area contributed by atoms with Gasteiger partial charge in [0.05, 0.1) is 0 Å². The molecule has 28 heavy (non-hydrogen) atoms. The van der Waals surface area contributed by atoms with E-state index in [0.29, 0.717) is 0 Å². The van der Waals surface area contributed by atoms with Crippen LogP contribution in [-0.2, 0) is 0 Å². The molecule has 2 rings (SSSR count). The predicted octanol–water partition coefficient (Wildman–Crippen LogP) is 5.76. The molecular formula is C24H50ClN3. The second-order valence-corrected chi connectivity index (χ2v) is 9.54. The molecule has 0 saturated heterocycles. The van der Waals surface area contributed by atoms with Crippen molar-refractivity contribution in [3.8, 4) is 0 Å². The van der Waals surface area contributed by atoms with Crippen molar-refractivity contribution in [1.82, 2.24) is 10.2 Å². The Morgan fingerprint density at radius 3 is 1.82 bits per heavy atom. The van der Waals surface area contributed by atoms with E-state index in [4.69, 9.17) is 5.73 Å². The van der Waals surface area contributed by atoms with Crippen molar-refractivity contribution >= 4 is 12.4 Å². The van der Waals surface area contributed by atoms with E-state index in [1.165, 1.54) is 103 Å².